The summed E-state index contributed by atoms with van der Waals surface area (Å²) in [6.45, 7) is 3.10. The molecule has 164 valence electrons. The van der Waals surface area contributed by atoms with Crippen molar-refractivity contribution in [3.8, 4) is 16.9 Å². The Bertz CT molecular complexity index is 1140. The van der Waals surface area contributed by atoms with Gasteiger partial charge in [0.15, 0.2) is 0 Å². The molecule has 1 saturated heterocycles. The fourth-order valence-corrected chi connectivity index (χ4v) is 6.85. The number of ether oxygens (including phenoxy) is 1. The second-order valence-electron chi connectivity index (χ2n) is 9.17. The Kier molecular flexibility index (Phi) is 5.24. The van der Waals surface area contributed by atoms with Crippen LogP contribution in [0, 0.1) is 5.92 Å². The first-order valence-corrected chi connectivity index (χ1v) is 12.5. The molecule has 6 rings (SSSR count). The summed E-state index contributed by atoms with van der Waals surface area (Å²) < 4.78 is 5.68. The molecule has 0 saturated carbocycles. The third kappa shape index (κ3) is 3.44. The molecular weight excluding hydrogens is 414 g/mol. The Morgan fingerprint density at radius 3 is 2.91 bits per heavy atom. The molecule has 2 aliphatic heterocycles. The van der Waals surface area contributed by atoms with E-state index in [-0.39, 0.29) is 0 Å². The highest BCUT2D eigenvalue weighted by molar-refractivity contribution is 7.14. The van der Waals surface area contributed by atoms with Gasteiger partial charge in [-0.1, -0.05) is 42.5 Å². The zero-order chi connectivity index (χ0) is 21.5. The zero-order valence-electron chi connectivity index (χ0n) is 18.5. The molecule has 1 aliphatic carbocycles. The van der Waals surface area contributed by atoms with Crippen molar-refractivity contribution in [2.24, 2.45) is 10.9 Å². The van der Waals surface area contributed by atoms with E-state index in [9.17, 15) is 0 Å². The minimum Gasteiger partial charge on any atom is -0.496 e. The van der Waals surface area contributed by atoms with Gasteiger partial charge in [0.2, 0.25) is 0 Å². The van der Waals surface area contributed by atoms with Crippen LogP contribution in [0.5, 0.6) is 5.75 Å². The highest BCUT2D eigenvalue weighted by Crippen LogP contribution is 2.45. The van der Waals surface area contributed by atoms with Crippen LogP contribution in [-0.2, 0) is 13.0 Å². The van der Waals surface area contributed by atoms with Gasteiger partial charge in [0, 0.05) is 36.0 Å². The number of nitrogens with one attached hydrogen (secondary N) is 1. The summed E-state index contributed by atoms with van der Waals surface area (Å²) in [7, 11) is 1.80. The lowest BCUT2D eigenvalue weighted by Gasteiger charge is -2.33. The topological polar surface area (TPSA) is 36.9 Å². The minimum absolute atomic E-state index is 0.511. The van der Waals surface area contributed by atoms with Gasteiger partial charge in [-0.05, 0) is 60.0 Å². The summed E-state index contributed by atoms with van der Waals surface area (Å²) >= 11 is 1.75. The summed E-state index contributed by atoms with van der Waals surface area (Å²) in [6, 6.07) is 17.8. The molecule has 1 N–H and O–H groups in total. The maximum Gasteiger partial charge on any atom is 0.123 e. The molecule has 3 heterocycles. The smallest absolute Gasteiger partial charge is 0.123 e. The van der Waals surface area contributed by atoms with Crippen molar-refractivity contribution in [1.82, 2.24) is 10.2 Å². The molecule has 3 atom stereocenters. The van der Waals surface area contributed by atoms with Gasteiger partial charge >= 0.3 is 0 Å². The van der Waals surface area contributed by atoms with Gasteiger partial charge in [0.25, 0.3) is 0 Å². The zero-order valence-corrected chi connectivity index (χ0v) is 19.3. The molecule has 3 aromatic rings. The van der Waals surface area contributed by atoms with E-state index in [1.807, 2.05) is 0 Å². The molecule has 4 nitrogen and oxygen atoms in total. The number of thiophene rings is 1. The lowest BCUT2D eigenvalue weighted by atomic mass is 9.73. The summed E-state index contributed by atoms with van der Waals surface area (Å²) in [6.07, 6.45) is 5.57. The Morgan fingerprint density at radius 2 is 2.03 bits per heavy atom. The third-order valence-electron chi connectivity index (χ3n) is 7.48. The lowest BCUT2D eigenvalue weighted by Crippen LogP contribution is -2.34. The van der Waals surface area contributed by atoms with E-state index < -0.39 is 0 Å². The monoisotopic (exact) mass is 443 g/mol. The number of hydrogen-bond donors (Lipinski definition) is 1. The van der Waals surface area contributed by atoms with E-state index in [1.165, 1.54) is 34.2 Å². The number of benzene rings is 2. The number of aliphatic imine (C=N–C) groups is 1. The molecule has 0 radical (unpaired) electrons. The maximum absolute atomic E-state index is 5.68. The van der Waals surface area contributed by atoms with Crippen LogP contribution in [0.3, 0.4) is 0 Å². The maximum atomic E-state index is 5.68. The fourth-order valence-electron chi connectivity index (χ4n) is 5.92. The molecule has 1 fully saturated rings. The SMILES string of the molecule is COc1cccc2c1CC[C@H]1CNC(CCN3C=Nc4scc(-c5ccccc5)c4C3)[C@@H]21. The van der Waals surface area contributed by atoms with Crippen molar-refractivity contribution >= 4 is 22.7 Å². The Labute approximate surface area is 194 Å². The van der Waals surface area contributed by atoms with Crippen LogP contribution in [0.25, 0.3) is 11.1 Å². The van der Waals surface area contributed by atoms with Crippen LogP contribution in [0.4, 0.5) is 5.00 Å². The standard InChI is InChI=1S/C27H29N3OS/c1-31-25-9-5-8-21-20(25)11-10-19-14-28-24(26(19)21)12-13-30-15-22-23(16-32-27(22)29-17-30)18-6-3-2-4-7-18/h2-9,16-17,19,24,26,28H,10-15H2,1H3/t19-,24?,26+/m0/s1. The van der Waals surface area contributed by atoms with Crippen LogP contribution in [0.1, 0.15) is 35.4 Å². The first-order valence-electron chi connectivity index (χ1n) is 11.6. The highest BCUT2D eigenvalue weighted by atomic mass is 32.1. The molecule has 0 amide bonds. The van der Waals surface area contributed by atoms with Crippen molar-refractivity contribution in [3.05, 3.63) is 70.6 Å². The van der Waals surface area contributed by atoms with Crippen molar-refractivity contribution in [2.45, 2.75) is 37.8 Å². The first kappa shape index (κ1) is 20.0. The van der Waals surface area contributed by atoms with Gasteiger partial charge in [-0.3, -0.25) is 0 Å². The van der Waals surface area contributed by atoms with E-state index >= 15 is 0 Å². The van der Waals surface area contributed by atoms with Crippen molar-refractivity contribution in [3.63, 3.8) is 0 Å². The molecule has 3 aliphatic rings. The summed E-state index contributed by atoms with van der Waals surface area (Å²) in [4.78, 5) is 7.18. The van der Waals surface area contributed by atoms with Gasteiger partial charge in [0.05, 0.1) is 13.4 Å². The van der Waals surface area contributed by atoms with Crippen LogP contribution < -0.4 is 10.1 Å². The van der Waals surface area contributed by atoms with E-state index in [2.05, 4.69) is 70.5 Å². The second-order valence-corrected chi connectivity index (χ2v) is 10.0. The molecule has 1 unspecified atom stereocenters. The van der Waals surface area contributed by atoms with E-state index in [0.29, 0.717) is 12.0 Å². The lowest BCUT2D eigenvalue weighted by molar-refractivity contribution is 0.347. The molecule has 0 spiro atoms. The average molecular weight is 444 g/mol. The Morgan fingerprint density at radius 1 is 1.12 bits per heavy atom. The summed E-state index contributed by atoms with van der Waals surface area (Å²) in [5.74, 6) is 2.39. The number of fused-ring (bicyclic) bond motifs is 4. The van der Waals surface area contributed by atoms with E-state index in [1.54, 1.807) is 18.4 Å². The summed E-state index contributed by atoms with van der Waals surface area (Å²) in [5, 5.41) is 7.28. The third-order valence-corrected chi connectivity index (χ3v) is 8.41. The van der Waals surface area contributed by atoms with Crippen LogP contribution >= 0.6 is 11.3 Å². The number of rotatable bonds is 5. The van der Waals surface area contributed by atoms with E-state index in [4.69, 9.17) is 9.73 Å². The van der Waals surface area contributed by atoms with Crippen molar-refractivity contribution in [2.75, 3.05) is 20.2 Å². The Balaban J connectivity index is 1.18. The molecule has 2 aromatic carbocycles. The predicted molar refractivity (Wildman–Crippen MR) is 132 cm³/mol. The number of nitrogens with zero attached hydrogens (tertiary/aromatic N) is 2. The summed E-state index contributed by atoms with van der Waals surface area (Å²) in [5.41, 5.74) is 6.93. The molecule has 1 aromatic heterocycles. The molecule has 32 heavy (non-hydrogen) atoms. The van der Waals surface area contributed by atoms with Crippen LogP contribution in [0.15, 0.2) is 58.9 Å². The fraction of sp³-hybridized carbons (Fsp3) is 0.370. The largest absolute Gasteiger partial charge is 0.496 e. The minimum atomic E-state index is 0.511. The highest BCUT2D eigenvalue weighted by Gasteiger charge is 2.40. The van der Waals surface area contributed by atoms with Gasteiger partial charge in [-0.25, -0.2) is 4.99 Å². The van der Waals surface area contributed by atoms with Gasteiger partial charge < -0.3 is 15.0 Å². The van der Waals surface area contributed by atoms with Crippen molar-refractivity contribution in [1.29, 1.82) is 0 Å². The number of hydrogen-bond acceptors (Lipinski definition) is 5. The number of methoxy groups -OCH3 is 1. The quantitative estimate of drug-likeness (QED) is 0.557. The second kappa shape index (κ2) is 8.38. The molecule has 0 bridgehead atoms. The van der Waals surface area contributed by atoms with Gasteiger partial charge in [-0.2, -0.15) is 0 Å². The van der Waals surface area contributed by atoms with Crippen molar-refractivity contribution < 1.29 is 4.74 Å². The van der Waals surface area contributed by atoms with Gasteiger partial charge in [0.1, 0.15) is 10.8 Å². The van der Waals surface area contributed by atoms with Gasteiger partial charge in [-0.15, -0.1) is 11.3 Å². The van der Waals surface area contributed by atoms with Crippen LogP contribution in [0.2, 0.25) is 0 Å². The normalized spacial score (nSPS) is 23.5. The van der Waals surface area contributed by atoms with E-state index in [0.717, 1.165) is 49.1 Å². The first-order chi connectivity index (χ1) is 15.8. The average Bonchev–Trinajstić information content (AvgIpc) is 3.47. The molecule has 5 heteroatoms. The molecular formula is C27H29N3OS. The Hall–Kier alpha value is -2.63. The predicted octanol–water partition coefficient (Wildman–Crippen LogP) is 5.61. The van der Waals surface area contributed by atoms with Crippen LogP contribution in [-0.4, -0.2) is 37.5 Å².